The second-order valence-electron chi connectivity index (χ2n) is 9.39. The molecule has 0 aromatic heterocycles. The first-order valence-corrected chi connectivity index (χ1v) is 14.8. The molecule has 0 bridgehead atoms. The van der Waals surface area contributed by atoms with Crippen molar-refractivity contribution in [1.82, 2.24) is 0 Å². The van der Waals surface area contributed by atoms with E-state index in [1.54, 1.807) is 27.4 Å². The van der Waals surface area contributed by atoms with Crippen LogP contribution in [0.25, 0.3) is 0 Å². The zero-order valence-corrected chi connectivity index (χ0v) is 23.9. The summed E-state index contributed by atoms with van der Waals surface area (Å²) >= 11 is 0. The van der Waals surface area contributed by atoms with Crippen LogP contribution in [0.2, 0.25) is 0 Å². The Hall–Kier alpha value is -3.43. The third-order valence-corrected chi connectivity index (χ3v) is 7.68. The van der Waals surface area contributed by atoms with Gasteiger partial charge in [-0.25, -0.2) is 8.42 Å². The van der Waals surface area contributed by atoms with Crippen LogP contribution in [0.15, 0.2) is 59.5 Å². The third kappa shape index (κ3) is 6.59. The highest BCUT2D eigenvalue weighted by Crippen LogP contribution is 2.48. The molecule has 2 atom stereocenters. The Balaban J connectivity index is 1.68. The van der Waals surface area contributed by atoms with E-state index in [1.807, 2.05) is 55.5 Å². The van der Waals surface area contributed by atoms with Crippen LogP contribution in [-0.4, -0.2) is 42.6 Å². The standard InChI is InChI=1S/C30H36O8S/c1-6-14-36-30-27(37-19-20-10-8-7-9-11-20)17-22(18-28(30)39(5,31)32)24-13-12-23(38-24)21-15-25(33-2)29(35-4)26(16-21)34-3/h7-11,15-18,23-24H,6,12-14,19H2,1-5H3. The van der Waals surface area contributed by atoms with Gasteiger partial charge in [-0.2, -0.15) is 0 Å². The molecule has 1 heterocycles. The Morgan fingerprint density at radius 3 is 1.92 bits per heavy atom. The second-order valence-corrected chi connectivity index (χ2v) is 11.4. The van der Waals surface area contributed by atoms with E-state index in [2.05, 4.69) is 0 Å². The van der Waals surface area contributed by atoms with Crippen molar-refractivity contribution in [3.05, 3.63) is 71.3 Å². The zero-order valence-electron chi connectivity index (χ0n) is 23.1. The van der Waals surface area contributed by atoms with Crippen molar-refractivity contribution in [2.45, 2.75) is 49.9 Å². The fourth-order valence-corrected chi connectivity index (χ4v) is 5.51. The summed E-state index contributed by atoms with van der Waals surface area (Å²) in [5, 5.41) is 0. The van der Waals surface area contributed by atoms with E-state index in [4.69, 9.17) is 28.4 Å². The molecule has 4 rings (SSSR count). The third-order valence-electron chi connectivity index (χ3n) is 6.58. The van der Waals surface area contributed by atoms with Gasteiger partial charge >= 0.3 is 0 Å². The maximum Gasteiger partial charge on any atom is 0.203 e. The summed E-state index contributed by atoms with van der Waals surface area (Å²) in [4.78, 5) is 0.0938. The summed E-state index contributed by atoms with van der Waals surface area (Å²) in [6.45, 7) is 2.61. The molecule has 0 aliphatic carbocycles. The monoisotopic (exact) mass is 556 g/mol. The molecule has 0 saturated carbocycles. The van der Waals surface area contributed by atoms with Gasteiger partial charge in [-0.1, -0.05) is 37.3 Å². The molecule has 0 amide bonds. The molecular formula is C30H36O8S. The number of sulfone groups is 1. The van der Waals surface area contributed by atoms with E-state index >= 15 is 0 Å². The first kappa shape index (κ1) is 28.6. The molecule has 210 valence electrons. The molecule has 0 spiro atoms. The number of ether oxygens (including phenoxy) is 6. The van der Waals surface area contributed by atoms with Crippen LogP contribution in [-0.2, 0) is 21.2 Å². The minimum absolute atomic E-state index is 0.0938. The molecule has 1 fully saturated rings. The lowest BCUT2D eigenvalue weighted by Gasteiger charge is -2.21. The van der Waals surface area contributed by atoms with Crippen LogP contribution in [0.5, 0.6) is 28.7 Å². The number of benzene rings is 3. The van der Waals surface area contributed by atoms with Crippen molar-refractivity contribution >= 4 is 9.84 Å². The molecule has 3 aromatic carbocycles. The maximum atomic E-state index is 12.9. The largest absolute Gasteiger partial charge is 0.493 e. The smallest absolute Gasteiger partial charge is 0.203 e. The summed E-state index contributed by atoms with van der Waals surface area (Å²) in [5.41, 5.74) is 2.57. The molecule has 39 heavy (non-hydrogen) atoms. The Bertz CT molecular complexity index is 1350. The van der Waals surface area contributed by atoms with Gasteiger partial charge in [0.1, 0.15) is 11.5 Å². The van der Waals surface area contributed by atoms with Crippen LogP contribution in [0.1, 0.15) is 55.1 Å². The van der Waals surface area contributed by atoms with Crippen LogP contribution in [0, 0.1) is 0 Å². The van der Waals surface area contributed by atoms with Gasteiger partial charge in [0.2, 0.25) is 5.75 Å². The lowest BCUT2D eigenvalue weighted by Crippen LogP contribution is -2.09. The van der Waals surface area contributed by atoms with Gasteiger partial charge in [-0.05, 0) is 60.2 Å². The number of rotatable bonds is 12. The molecule has 1 aliphatic heterocycles. The van der Waals surface area contributed by atoms with Gasteiger partial charge in [-0.15, -0.1) is 0 Å². The van der Waals surface area contributed by atoms with Gasteiger partial charge in [0.25, 0.3) is 0 Å². The molecule has 0 radical (unpaired) electrons. The maximum absolute atomic E-state index is 12.9. The van der Waals surface area contributed by atoms with Crippen molar-refractivity contribution in [1.29, 1.82) is 0 Å². The SMILES string of the molecule is CCCOc1c(OCc2ccccc2)cc(C2CCC(c3cc(OC)c(OC)c(OC)c3)O2)cc1S(C)(=O)=O. The van der Waals surface area contributed by atoms with E-state index in [1.165, 1.54) is 6.26 Å². The Morgan fingerprint density at radius 2 is 1.38 bits per heavy atom. The minimum atomic E-state index is -3.62. The topological polar surface area (TPSA) is 89.5 Å². The predicted molar refractivity (Wildman–Crippen MR) is 148 cm³/mol. The highest BCUT2D eigenvalue weighted by molar-refractivity contribution is 7.90. The quantitative estimate of drug-likeness (QED) is 0.265. The van der Waals surface area contributed by atoms with Gasteiger partial charge in [0, 0.05) is 6.26 Å². The summed E-state index contributed by atoms with van der Waals surface area (Å²) in [6, 6.07) is 17.0. The van der Waals surface area contributed by atoms with Crippen molar-refractivity contribution in [3.63, 3.8) is 0 Å². The molecular weight excluding hydrogens is 520 g/mol. The molecule has 1 aliphatic rings. The van der Waals surface area contributed by atoms with Crippen LogP contribution in [0.3, 0.4) is 0 Å². The van der Waals surface area contributed by atoms with Gasteiger partial charge in [0.15, 0.2) is 32.8 Å². The average Bonchev–Trinajstić information content (AvgIpc) is 3.44. The van der Waals surface area contributed by atoms with Crippen LogP contribution in [0.4, 0.5) is 0 Å². The van der Waals surface area contributed by atoms with Gasteiger partial charge in [0.05, 0.1) is 40.1 Å². The van der Waals surface area contributed by atoms with Crippen LogP contribution >= 0.6 is 0 Å². The van der Waals surface area contributed by atoms with Gasteiger partial charge in [-0.3, -0.25) is 0 Å². The fraction of sp³-hybridized carbons (Fsp3) is 0.400. The summed E-state index contributed by atoms with van der Waals surface area (Å²) in [5.74, 6) is 2.22. The lowest BCUT2D eigenvalue weighted by atomic mass is 10.0. The molecule has 2 unspecified atom stereocenters. The lowest BCUT2D eigenvalue weighted by molar-refractivity contribution is 0.0434. The highest BCUT2D eigenvalue weighted by Gasteiger charge is 2.32. The van der Waals surface area contributed by atoms with E-state index < -0.39 is 9.84 Å². The summed E-state index contributed by atoms with van der Waals surface area (Å²) in [6.07, 6.45) is 2.75. The second kappa shape index (κ2) is 12.6. The summed E-state index contributed by atoms with van der Waals surface area (Å²) < 4.78 is 60.8. The Morgan fingerprint density at radius 1 is 0.795 bits per heavy atom. The van der Waals surface area contributed by atoms with Crippen molar-refractivity contribution < 1.29 is 36.8 Å². The molecule has 9 heteroatoms. The first-order chi connectivity index (χ1) is 18.8. The number of methoxy groups -OCH3 is 3. The fourth-order valence-electron chi connectivity index (χ4n) is 4.66. The van der Waals surface area contributed by atoms with E-state index in [9.17, 15) is 8.42 Å². The summed E-state index contributed by atoms with van der Waals surface area (Å²) in [7, 11) is 1.09. The number of hydrogen-bond donors (Lipinski definition) is 0. The highest BCUT2D eigenvalue weighted by atomic mass is 32.2. The molecule has 1 saturated heterocycles. The van der Waals surface area contributed by atoms with E-state index in [0.29, 0.717) is 36.0 Å². The van der Waals surface area contributed by atoms with E-state index in [0.717, 1.165) is 29.5 Å². The Kier molecular flexibility index (Phi) is 9.24. The first-order valence-electron chi connectivity index (χ1n) is 12.9. The molecule has 8 nitrogen and oxygen atoms in total. The number of hydrogen-bond acceptors (Lipinski definition) is 8. The zero-order chi connectivity index (χ0) is 28.0. The van der Waals surface area contributed by atoms with Crippen molar-refractivity contribution in [2.75, 3.05) is 34.2 Å². The van der Waals surface area contributed by atoms with Gasteiger partial charge < -0.3 is 28.4 Å². The average molecular weight is 557 g/mol. The normalized spacial score (nSPS) is 17.1. The molecule has 3 aromatic rings. The Labute approximate surface area is 230 Å². The van der Waals surface area contributed by atoms with Crippen molar-refractivity contribution in [3.8, 4) is 28.7 Å². The van der Waals surface area contributed by atoms with Crippen molar-refractivity contribution in [2.24, 2.45) is 0 Å². The molecule has 0 N–H and O–H groups in total. The predicted octanol–water partition coefficient (Wildman–Crippen LogP) is 6.08. The minimum Gasteiger partial charge on any atom is -0.493 e. The van der Waals surface area contributed by atoms with Crippen LogP contribution < -0.4 is 23.7 Å². The van der Waals surface area contributed by atoms with E-state index in [-0.39, 0.29) is 29.5 Å².